The summed E-state index contributed by atoms with van der Waals surface area (Å²) in [5.74, 6) is -1.74. The van der Waals surface area contributed by atoms with Crippen LogP contribution >= 0.6 is 0 Å². The van der Waals surface area contributed by atoms with E-state index in [0.717, 1.165) is 27.8 Å². The van der Waals surface area contributed by atoms with Crippen molar-refractivity contribution in [3.8, 4) is 0 Å². The number of rotatable bonds is 9. The first kappa shape index (κ1) is 25.3. The zero-order valence-corrected chi connectivity index (χ0v) is 19.8. The van der Waals surface area contributed by atoms with Crippen LogP contribution in [-0.4, -0.2) is 50.0 Å². The van der Waals surface area contributed by atoms with Gasteiger partial charge >= 0.3 is 0 Å². The van der Waals surface area contributed by atoms with Crippen LogP contribution in [0.25, 0.3) is 0 Å². The summed E-state index contributed by atoms with van der Waals surface area (Å²) in [6.07, 6.45) is 0.910. The fourth-order valence-electron chi connectivity index (χ4n) is 3.21. The summed E-state index contributed by atoms with van der Waals surface area (Å²) in [5, 5.41) is 2.78. The SMILES string of the molecule is Cc1ccccc1CN(C(=O)CN(c1ccccc1F)S(C)(=O)=O)C(C)C(=O)NC(C)C. The maximum Gasteiger partial charge on any atom is 0.244 e. The fourth-order valence-corrected chi connectivity index (χ4v) is 4.06. The topological polar surface area (TPSA) is 86.8 Å². The number of amides is 2. The van der Waals surface area contributed by atoms with Gasteiger partial charge in [-0.15, -0.1) is 0 Å². The minimum Gasteiger partial charge on any atom is -0.352 e. The van der Waals surface area contributed by atoms with Crippen molar-refractivity contribution < 1.29 is 22.4 Å². The van der Waals surface area contributed by atoms with E-state index in [9.17, 15) is 22.4 Å². The zero-order chi connectivity index (χ0) is 24.1. The van der Waals surface area contributed by atoms with Gasteiger partial charge in [0.15, 0.2) is 0 Å². The lowest BCUT2D eigenvalue weighted by atomic mass is 10.1. The minimum atomic E-state index is -3.97. The Balaban J connectivity index is 2.42. The van der Waals surface area contributed by atoms with Gasteiger partial charge < -0.3 is 10.2 Å². The number of carbonyl (C=O) groups is 2. The van der Waals surface area contributed by atoms with Gasteiger partial charge in [0.2, 0.25) is 21.8 Å². The van der Waals surface area contributed by atoms with E-state index in [1.165, 1.54) is 23.1 Å². The molecule has 2 rings (SSSR count). The maximum absolute atomic E-state index is 14.4. The maximum atomic E-state index is 14.4. The largest absolute Gasteiger partial charge is 0.352 e. The molecule has 2 aromatic carbocycles. The van der Waals surface area contributed by atoms with E-state index < -0.39 is 34.3 Å². The fraction of sp³-hybridized carbons (Fsp3) is 0.391. The van der Waals surface area contributed by atoms with Crippen molar-refractivity contribution in [1.29, 1.82) is 0 Å². The summed E-state index contributed by atoms with van der Waals surface area (Å²) in [4.78, 5) is 27.4. The van der Waals surface area contributed by atoms with Crippen LogP contribution in [0.4, 0.5) is 10.1 Å². The average molecular weight is 464 g/mol. The molecule has 1 atom stereocenters. The lowest BCUT2D eigenvalue weighted by Crippen LogP contribution is -2.52. The normalized spacial score (nSPS) is 12.3. The number of nitrogens with one attached hydrogen (secondary N) is 1. The van der Waals surface area contributed by atoms with Crippen LogP contribution < -0.4 is 9.62 Å². The molecule has 0 saturated carbocycles. The van der Waals surface area contributed by atoms with Crippen molar-refractivity contribution in [1.82, 2.24) is 10.2 Å². The van der Waals surface area contributed by atoms with Gasteiger partial charge in [-0.1, -0.05) is 36.4 Å². The quantitative estimate of drug-likeness (QED) is 0.620. The summed E-state index contributed by atoms with van der Waals surface area (Å²) >= 11 is 0. The third-order valence-electron chi connectivity index (χ3n) is 5.00. The first-order valence-corrected chi connectivity index (χ1v) is 12.1. The molecule has 2 aromatic rings. The molecule has 0 aliphatic carbocycles. The smallest absolute Gasteiger partial charge is 0.244 e. The summed E-state index contributed by atoms with van der Waals surface area (Å²) in [6.45, 7) is 6.56. The average Bonchev–Trinajstić information content (AvgIpc) is 2.70. The van der Waals surface area contributed by atoms with E-state index >= 15 is 0 Å². The predicted octanol–water partition coefficient (Wildman–Crippen LogP) is 2.84. The van der Waals surface area contributed by atoms with Crippen LogP contribution in [0.2, 0.25) is 0 Å². The number of anilines is 1. The molecule has 7 nitrogen and oxygen atoms in total. The van der Waals surface area contributed by atoms with Gasteiger partial charge in [0, 0.05) is 12.6 Å². The van der Waals surface area contributed by atoms with Crippen LogP contribution in [-0.2, 0) is 26.2 Å². The molecule has 0 heterocycles. The lowest BCUT2D eigenvalue weighted by molar-refractivity contribution is -0.139. The number of halogens is 1. The van der Waals surface area contributed by atoms with Crippen LogP contribution in [0.3, 0.4) is 0 Å². The highest BCUT2D eigenvalue weighted by molar-refractivity contribution is 7.92. The van der Waals surface area contributed by atoms with Crippen molar-refractivity contribution in [3.63, 3.8) is 0 Å². The molecule has 0 bridgehead atoms. The summed E-state index contributed by atoms with van der Waals surface area (Å²) in [6, 6.07) is 11.8. The first-order valence-electron chi connectivity index (χ1n) is 10.3. The van der Waals surface area contributed by atoms with E-state index in [1.807, 2.05) is 45.0 Å². The Morgan fingerprint density at radius 2 is 1.62 bits per heavy atom. The molecular weight excluding hydrogens is 433 g/mol. The molecule has 174 valence electrons. The third kappa shape index (κ3) is 6.53. The Bertz CT molecular complexity index is 1070. The molecule has 0 fully saturated rings. The number of hydrogen-bond donors (Lipinski definition) is 1. The molecule has 1 unspecified atom stereocenters. The molecule has 0 aliphatic rings. The molecule has 2 amide bonds. The van der Waals surface area contributed by atoms with Crippen LogP contribution in [0.1, 0.15) is 31.9 Å². The molecule has 0 saturated heterocycles. The third-order valence-corrected chi connectivity index (χ3v) is 6.13. The van der Waals surface area contributed by atoms with Gasteiger partial charge in [-0.05, 0) is 51.0 Å². The Kier molecular flexibility index (Phi) is 8.38. The number of hydrogen-bond acceptors (Lipinski definition) is 4. The molecule has 1 N–H and O–H groups in total. The van der Waals surface area contributed by atoms with Crippen LogP contribution in [0, 0.1) is 12.7 Å². The van der Waals surface area contributed by atoms with Crippen molar-refractivity contribution in [2.24, 2.45) is 0 Å². The number of para-hydroxylation sites is 1. The molecule has 0 aliphatic heterocycles. The Labute approximate surface area is 189 Å². The zero-order valence-electron chi connectivity index (χ0n) is 19.0. The highest BCUT2D eigenvalue weighted by atomic mass is 32.2. The van der Waals surface area contributed by atoms with E-state index in [1.54, 1.807) is 6.92 Å². The predicted molar refractivity (Wildman–Crippen MR) is 123 cm³/mol. The van der Waals surface area contributed by atoms with Crippen molar-refractivity contribution >= 4 is 27.5 Å². The standard InChI is InChI=1S/C23H30FN3O4S/c1-16(2)25-23(29)18(4)26(14-19-11-7-6-10-17(19)3)22(28)15-27(32(5,30)31)21-13-9-8-12-20(21)24/h6-13,16,18H,14-15H2,1-5H3,(H,25,29). The molecule has 0 aromatic heterocycles. The first-order chi connectivity index (χ1) is 14.9. The van der Waals surface area contributed by atoms with E-state index in [2.05, 4.69) is 5.32 Å². The van der Waals surface area contributed by atoms with Crippen molar-refractivity contribution in [2.75, 3.05) is 17.1 Å². The number of carbonyl (C=O) groups excluding carboxylic acids is 2. The van der Waals surface area contributed by atoms with E-state index in [4.69, 9.17) is 0 Å². The molecule has 0 radical (unpaired) electrons. The van der Waals surface area contributed by atoms with E-state index in [0.29, 0.717) is 0 Å². The summed E-state index contributed by atoms with van der Waals surface area (Å²) < 4.78 is 39.9. The highest BCUT2D eigenvalue weighted by Gasteiger charge is 2.31. The summed E-state index contributed by atoms with van der Waals surface area (Å²) in [7, 11) is -3.97. The number of sulfonamides is 1. The number of aryl methyl sites for hydroxylation is 1. The second-order valence-corrected chi connectivity index (χ2v) is 9.92. The molecule has 32 heavy (non-hydrogen) atoms. The summed E-state index contributed by atoms with van der Waals surface area (Å²) in [5.41, 5.74) is 1.52. The van der Waals surface area contributed by atoms with Crippen molar-refractivity contribution in [2.45, 2.75) is 46.3 Å². The van der Waals surface area contributed by atoms with Gasteiger partial charge in [0.25, 0.3) is 0 Å². The van der Waals surface area contributed by atoms with Crippen LogP contribution in [0.15, 0.2) is 48.5 Å². The number of nitrogens with zero attached hydrogens (tertiary/aromatic N) is 2. The Hall–Kier alpha value is -2.94. The van der Waals surface area contributed by atoms with Crippen LogP contribution in [0.5, 0.6) is 0 Å². The van der Waals surface area contributed by atoms with Gasteiger partial charge in [0.1, 0.15) is 18.4 Å². The molecule has 0 spiro atoms. The van der Waals surface area contributed by atoms with Gasteiger partial charge in [-0.3, -0.25) is 13.9 Å². The number of benzene rings is 2. The van der Waals surface area contributed by atoms with Gasteiger partial charge in [-0.25, -0.2) is 12.8 Å². The Morgan fingerprint density at radius 3 is 2.19 bits per heavy atom. The van der Waals surface area contributed by atoms with Gasteiger partial charge in [0.05, 0.1) is 11.9 Å². The minimum absolute atomic E-state index is 0.104. The second-order valence-electron chi connectivity index (χ2n) is 8.01. The van der Waals surface area contributed by atoms with E-state index in [-0.39, 0.29) is 24.2 Å². The lowest BCUT2D eigenvalue weighted by Gasteiger charge is -2.32. The van der Waals surface area contributed by atoms with Crippen molar-refractivity contribution in [3.05, 3.63) is 65.5 Å². The monoisotopic (exact) mass is 463 g/mol. The molecular formula is C23H30FN3O4S. The highest BCUT2D eigenvalue weighted by Crippen LogP contribution is 2.22. The molecule has 9 heteroatoms. The second kappa shape index (κ2) is 10.6. The van der Waals surface area contributed by atoms with Gasteiger partial charge in [-0.2, -0.15) is 0 Å². The Morgan fingerprint density at radius 1 is 1.03 bits per heavy atom.